The number of hydrazone groups is 1. The molecule has 24 heavy (non-hydrogen) atoms. The summed E-state index contributed by atoms with van der Waals surface area (Å²) in [5, 5.41) is 8.49. The van der Waals surface area contributed by atoms with Crippen LogP contribution in [0.15, 0.2) is 65.1 Å². The average Bonchev–Trinajstić information content (AvgIpc) is 3.22. The smallest absolute Gasteiger partial charge is 0.203 e. The molecule has 0 bridgehead atoms. The number of anilines is 1. The van der Waals surface area contributed by atoms with E-state index in [1.807, 2.05) is 29.8 Å². The molecule has 4 aromatic rings. The second-order valence-corrected chi connectivity index (χ2v) is 7.30. The van der Waals surface area contributed by atoms with Crippen LogP contribution >= 0.6 is 22.7 Å². The highest BCUT2D eigenvalue weighted by Gasteiger charge is 2.06. The maximum absolute atomic E-state index is 4.57. The molecule has 0 aliphatic carbocycles. The number of hydrogen-bond acceptors (Lipinski definition) is 5. The van der Waals surface area contributed by atoms with Crippen LogP contribution in [0, 0.1) is 6.92 Å². The third kappa shape index (κ3) is 2.96. The predicted molar refractivity (Wildman–Crippen MR) is 105 cm³/mol. The highest BCUT2D eigenvalue weighted by molar-refractivity contribution is 7.20. The van der Waals surface area contributed by atoms with Crippen LogP contribution in [0.3, 0.4) is 0 Å². The molecule has 0 aliphatic heterocycles. The van der Waals surface area contributed by atoms with Gasteiger partial charge in [-0.25, -0.2) is 4.98 Å². The number of nitrogens with zero attached hydrogens (tertiary/aromatic N) is 2. The van der Waals surface area contributed by atoms with Gasteiger partial charge in [0.25, 0.3) is 0 Å². The molecule has 5 heteroatoms. The quantitative estimate of drug-likeness (QED) is 0.374. The molecule has 0 saturated carbocycles. The molecule has 2 heterocycles. The van der Waals surface area contributed by atoms with Gasteiger partial charge >= 0.3 is 0 Å². The lowest BCUT2D eigenvalue weighted by molar-refractivity contribution is 1.29. The molecule has 118 valence electrons. The van der Waals surface area contributed by atoms with E-state index >= 15 is 0 Å². The molecule has 0 saturated heterocycles. The molecular weight excluding hydrogens is 334 g/mol. The largest absolute Gasteiger partial charge is 0.253 e. The van der Waals surface area contributed by atoms with Crippen molar-refractivity contribution in [1.29, 1.82) is 0 Å². The van der Waals surface area contributed by atoms with Crippen molar-refractivity contribution in [2.75, 3.05) is 5.43 Å². The van der Waals surface area contributed by atoms with Crippen LogP contribution < -0.4 is 5.43 Å². The summed E-state index contributed by atoms with van der Waals surface area (Å²) in [6.07, 6.45) is 1.88. The number of aromatic nitrogens is 1. The first-order valence-corrected chi connectivity index (χ1v) is 9.29. The van der Waals surface area contributed by atoms with Crippen LogP contribution in [0.4, 0.5) is 5.13 Å². The van der Waals surface area contributed by atoms with E-state index in [1.165, 1.54) is 20.5 Å². The Labute approximate surface area is 148 Å². The summed E-state index contributed by atoms with van der Waals surface area (Å²) in [6, 6.07) is 18.6. The van der Waals surface area contributed by atoms with Crippen LogP contribution in [-0.4, -0.2) is 11.2 Å². The van der Waals surface area contributed by atoms with Gasteiger partial charge in [0.15, 0.2) is 0 Å². The molecule has 1 N–H and O–H groups in total. The normalized spacial score (nSPS) is 11.4. The molecule has 0 amide bonds. The first-order chi connectivity index (χ1) is 11.8. The fraction of sp³-hybridized carbons (Fsp3) is 0.0526. The van der Waals surface area contributed by atoms with Crippen LogP contribution in [0.1, 0.15) is 10.4 Å². The first kappa shape index (κ1) is 15.1. The monoisotopic (exact) mass is 349 g/mol. The Kier molecular flexibility index (Phi) is 4.11. The second kappa shape index (κ2) is 6.55. The Morgan fingerprint density at radius 1 is 1.04 bits per heavy atom. The van der Waals surface area contributed by atoms with Gasteiger partial charge in [-0.05, 0) is 23.9 Å². The Balaban J connectivity index is 1.51. The number of fused-ring (bicyclic) bond motifs is 1. The Morgan fingerprint density at radius 2 is 1.83 bits per heavy atom. The summed E-state index contributed by atoms with van der Waals surface area (Å²) in [7, 11) is 0. The summed E-state index contributed by atoms with van der Waals surface area (Å²) < 4.78 is 1.29. The lowest BCUT2D eigenvalue weighted by Gasteiger charge is -1.95. The van der Waals surface area contributed by atoms with E-state index in [9.17, 15) is 0 Å². The lowest BCUT2D eigenvalue weighted by Crippen LogP contribution is -1.89. The molecule has 2 aromatic carbocycles. The predicted octanol–water partition coefficient (Wildman–Crippen LogP) is 5.78. The van der Waals surface area contributed by atoms with Crippen molar-refractivity contribution in [2.24, 2.45) is 5.10 Å². The van der Waals surface area contributed by atoms with Crippen LogP contribution in [0.5, 0.6) is 0 Å². The number of rotatable bonds is 4. The second-order valence-electron chi connectivity index (χ2n) is 5.36. The maximum atomic E-state index is 4.57. The Morgan fingerprint density at radius 3 is 2.67 bits per heavy atom. The summed E-state index contributed by atoms with van der Waals surface area (Å²) in [4.78, 5) is 5.74. The minimum Gasteiger partial charge on any atom is -0.253 e. The van der Waals surface area contributed by atoms with Crippen molar-refractivity contribution in [2.45, 2.75) is 6.92 Å². The fourth-order valence-electron chi connectivity index (χ4n) is 2.53. The van der Waals surface area contributed by atoms with Crippen LogP contribution in [-0.2, 0) is 0 Å². The summed E-state index contributed by atoms with van der Waals surface area (Å²) in [6.45, 7) is 2.14. The molecule has 0 spiro atoms. The standard InChI is InChI=1S/C19H15N3S2/c1-13-15-9-5-6-10-17(15)24-18(13)11-20-22-19-21-16(12-23-19)14-7-3-2-4-8-14/h2-12H,1H3,(H,21,22)/b20-11+. The van der Waals surface area contributed by atoms with Gasteiger partial charge in [0, 0.05) is 15.6 Å². The minimum atomic E-state index is 0.795. The molecule has 0 fully saturated rings. The number of nitrogens with one attached hydrogen (secondary N) is 1. The Hall–Kier alpha value is -2.50. The molecule has 0 aliphatic rings. The summed E-state index contributed by atoms with van der Waals surface area (Å²) in [5.41, 5.74) is 6.39. The van der Waals surface area contributed by atoms with Gasteiger partial charge in [0.2, 0.25) is 5.13 Å². The zero-order chi connectivity index (χ0) is 16.4. The Bertz CT molecular complexity index is 1000. The summed E-state index contributed by atoms with van der Waals surface area (Å²) >= 11 is 3.31. The number of benzene rings is 2. The molecule has 4 rings (SSSR count). The van der Waals surface area contributed by atoms with Crippen LogP contribution in [0.2, 0.25) is 0 Å². The number of thiazole rings is 1. The lowest BCUT2D eigenvalue weighted by atomic mass is 10.1. The molecule has 2 aromatic heterocycles. The van der Waals surface area contributed by atoms with Crippen molar-refractivity contribution >= 4 is 44.1 Å². The van der Waals surface area contributed by atoms with Crippen molar-refractivity contribution in [1.82, 2.24) is 4.98 Å². The van der Waals surface area contributed by atoms with Crippen molar-refractivity contribution in [3.8, 4) is 11.3 Å². The number of hydrogen-bond donors (Lipinski definition) is 1. The van der Waals surface area contributed by atoms with E-state index in [0.29, 0.717) is 0 Å². The molecule has 0 radical (unpaired) electrons. The molecular formula is C19H15N3S2. The van der Waals surface area contributed by atoms with Crippen molar-refractivity contribution in [3.05, 3.63) is 70.4 Å². The first-order valence-electron chi connectivity index (χ1n) is 7.59. The molecule has 3 nitrogen and oxygen atoms in total. The summed E-state index contributed by atoms with van der Waals surface area (Å²) in [5.74, 6) is 0. The van der Waals surface area contributed by atoms with Gasteiger partial charge in [-0.2, -0.15) is 5.10 Å². The van der Waals surface area contributed by atoms with E-state index < -0.39 is 0 Å². The van der Waals surface area contributed by atoms with Gasteiger partial charge in [0.05, 0.1) is 16.8 Å². The number of aryl methyl sites for hydroxylation is 1. The van der Waals surface area contributed by atoms with E-state index in [1.54, 1.807) is 22.7 Å². The van der Waals surface area contributed by atoms with Crippen LogP contribution in [0.25, 0.3) is 21.3 Å². The zero-order valence-corrected chi connectivity index (χ0v) is 14.7. The van der Waals surface area contributed by atoms with E-state index in [-0.39, 0.29) is 0 Å². The zero-order valence-electron chi connectivity index (χ0n) is 13.1. The molecule has 0 atom stereocenters. The van der Waals surface area contributed by atoms with Gasteiger partial charge in [-0.3, -0.25) is 5.43 Å². The van der Waals surface area contributed by atoms with Gasteiger partial charge < -0.3 is 0 Å². The van der Waals surface area contributed by atoms with Crippen molar-refractivity contribution in [3.63, 3.8) is 0 Å². The topological polar surface area (TPSA) is 37.3 Å². The fourth-order valence-corrected chi connectivity index (χ4v) is 4.28. The molecule has 0 unspecified atom stereocenters. The van der Waals surface area contributed by atoms with E-state index in [0.717, 1.165) is 16.4 Å². The highest BCUT2D eigenvalue weighted by atomic mass is 32.1. The number of thiophene rings is 1. The SMILES string of the molecule is Cc1c(/C=N/Nc2nc(-c3ccccc3)cs2)sc2ccccc12. The van der Waals surface area contributed by atoms with Gasteiger partial charge in [-0.1, -0.05) is 48.5 Å². The highest BCUT2D eigenvalue weighted by Crippen LogP contribution is 2.29. The minimum absolute atomic E-state index is 0.795. The van der Waals surface area contributed by atoms with Crippen molar-refractivity contribution < 1.29 is 0 Å². The van der Waals surface area contributed by atoms with E-state index in [2.05, 4.69) is 58.8 Å². The average molecular weight is 349 g/mol. The maximum Gasteiger partial charge on any atom is 0.203 e. The van der Waals surface area contributed by atoms with Gasteiger partial charge in [0.1, 0.15) is 0 Å². The third-order valence-corrected chi connectivity index (χ3v) is 5.75. The third-order valence-electron chi connectivity index (χ3n) is 3.80. The van der Waals surface area contributed by atoms with E-state index in [4.69, 9.17) is 0 Å². The van der Waals surface area contributed by atoms with Gasteiger partial charge in [-0.15, -0.1) is 22.7 Å².